The molecule has 0 heterocycles. The molecule has 4 aromatic rings. The lowest BCUT2D eigenvalue weighted by atomic mass is 9.84. The summed E-state index contributed by atoms with van der Waals surface area (Å²) < 4.78 is 4.41. The van der Waals surface area contributed by atoms with E-state index in [9.17, 15) is 0 Å². The van der Waals surface area contributed by atoms with Gasteiger partial charge in [0.1, 0.15) is 4.75 Å². The Morgan fingerprint density at radius 1 is 0.500 bits per heavy atom. The Morgan fingerprint density at radius 2 is 0.857 bits per heavy atom. The largest absolute Gasteiger partial charge is 0.222 e. The van der Waals surface area contributed by atoms with Gasteiger partial charge < -0.3 is 0 Å². The first kappa shape index (κ1) is 18.3. The second kappa shape index (κ2) is 8.73. The third-order valence-electron chi connectivity index (χ3n) is 4.73. The summed E-state index contributed by atoms with van der Waals surface area (Å²) in [5.74, 6) is 0. The molecule has 0 unspecified atom stereocenters. The molecular weight excluding hydrogens is 358 g/mol. The summed E-state index contributed by atoms with van der Waals surface area (Å²) in [7, 11) is 0. The van der Waals surface area contributed by atoms with Gasteiger partial charge in [-0.3, -0.25) is 0 Å². The van der Waals surface area contributed by atoms with Crippen molar-refractivity contribution < 1.29 is 0 Å². The lowest BCUT2D eigenvalue weighted by Crippen LogP contribution is -2.24. The van der Waals surface area contributed by atoms with Gasteiger partial charge in [0.15, 0.2) is 0 Å². The first-order valence-electron chi connectivity index (χ1n) is 9.33. The van der Waals surface area contributed by atoms with Crippen LogP contribution in [-0.2, 0) is 4.75 Å². The van der Waals surface area contributed by atoms with E-state index in [1.165, 1.54) is 16.7 Å². The van der Waals surface area contributed by atoms with Crippen LogP contribution in [0, 0.1) is 0 Å². The summed E-state index contributed by atoms with van der Waals surface area (Å²) in [5.41, 5.74) is 4.73. The fourth-order valence-corrected chi connectivity index (χ4v) is 4.44. The molecule has 0 saturated heterocycles. The minimum Gasteiger partial charge on any atom is -0.222 e. The maximum atomic E-state index is 4.83. The highest BCUT2D eigenvalue weighted by Crippen LogP contribution is 2.48. The Hall–Kier alpha value is -3.10. The maximum Gasteiger partial charge on any atom is 0.112 e. The van der Waals surface area contributed by atoms with Gasteiger partial charge in [0.25, 0.3) is 0 Å². The van der Waals surface area contributed by atoms with Crippen molar-refractivity contribution in [2.45, 2.75) is 4.75 Å². The van der Waals surface area contributed by atoms with Crippen LogP contribution < -0.4 is 0 Å². The second-order valence-electron chi connectivity index (χ2n) is 6.52. The zero-order valence-corrected chi connectivity index (χ0v) is 16.3. The highest BCUT2D eigenvalue weighted by Gasteiger charge is 2.37. The van der Waals surface area contributed by atoms with E-state index in [2.05, 4.69) is 103 Å². The van der Waals surface area contributed by atoms with Crippen molar-refractivity contribution in [1.29, 1.82) is 0 Å². The van der Waals surface area contributed by atoms with Crippen LogP contribution in [0.15, 0.2) is 126 Å². The van der Waals surface area contributed by atoms with Crippen LogP contribution in [0.2, 0.25) is 0 Å². The van der Waals surface area contributed by atoms with Gasteiger partial charge in [0.2, 0.25) is 0 Å². The molecule has 0 fully saturated rings. The van der Waals surface area contributed by atoms with E-state index in [-0.39, 0.29) is 0 Å². The molecule has 0 spiro atoms. The number of rotatable bonds is 6. The number of benzene rings is 4. The third-order valence-corrected chi connectivity index (χ3v) is 5.92. The first-order chi connectivity index (χ1) is 13.9. The van der Waals surface area contributed by atoms with Crippen LogP contribution in [0.3, 0.4) is 0 Å². The molecule has 28 heavy (non-hydrogen) atoms. The van der Waals surface area contributed by atoms with Crippen molar-refractivity contribution in [3.63, 3.8) is 0 Å². The van der Waals surface area contributed by atoms with Crippen LogP contribution in [-0.4, -0.2) is 6.21 Å². The summed E-state index contributed by atoms with van der Waals surface area (Å²) in [6.07, 6.45) is 1.94. The Kier molecular flexibility index (Phi) is 5.69. The van der Waals surface area contributed by atoms with Gasteiger partial charge in [0, 0.05) is 6.21 Å². The molecule has 0 aliphatic rings. The Labute approximate surface area is 170 Å². The smallest absolute Gasteiger partial charge is 0.112 e. The van der Waals surface area contributed by atoms with E-state index in [0.29, 0.717) is 0 Å². The van der Waals surface area contributed by atoms with Crippen molar-refractivity contribution in [3.8, 4) is 0 Å². The van der Waals surface area contributed by atoms with E-state index in [1.54, 1.807) is 11.9 Å². The first-order valence-corrected chi connectivity index (χ1v) is 10.1. The lowest BCUT2D eigenvalue weighted by Gasteiger charge is -2.33. The quantitative estimate of drug-likeness (QED) is 0.205. The van der Waals surface area contributed by atoms with Crippen molar-refractivity contribution in [1.82, 2.24) is 0 Å². The van der Waals surface area contributed by atoms with E-state index in [1.807, 2.05) is 24.4 Å². The molecule has 0 N–H and O–H groups in total. The van der Waals surface area contributed by atoms with Crippen LogP contribution in [0.5, 0.6) is 0 Å². The standard InChI is InChI=1S/C26H21NS/c1-5-13-22(14-6-1)21-27-28-26(23-15-7-2-8-16-23,24-17-9-3-10-18-24)25-19-11-4-12-20-25/h1-21H/b27-21+. The highest BCUT2D eigenvalue weighted by atomic mass is 32.2. The average molecular weight is 380 g/mol. The molecule has 0 radical (unpaired) electrons. The fourth-order valence-electron chi connectivity index (χ4n) is 3.38. The summed E-state index contributed by atoms with van der Waals surface area (Å²) in [4.78, 5) is 0. The normalized spacial score (nSPS) is 11.6. The molecule has 0 bridgehead atoms. The second-order valence-corrected chi connectivity index (χ2v) is 7.52. The maximum absolute atomic E-state index is 4.83. The summed E-state index contributed by atoms with van der Waals surface area (Å²) in [6.45, 7) is 0. The van der Waals surface area contributed by atoms with Crippen molar-refractivity contribution in [2.24, 2.45) is 4.40 Å². The van der Waals surface area contributed by atoms with Gasteiger partial charge >= 0.3 is 0 Å². The van der Waals surface area contributed by atoms with Gasteiger partial charge in [0.05, 0.1) is 0 Å². The van der Waals surface area contributed by atoms with Gasteiger partial charge in [-0.1, -0.05) is 121 Å². The number of hydrogen-bond acceptors (Lipinski definition) is 2. The molecule has 4 aromatic carbocycles. The van der Waals surface area contributed by atoms with E-state index in [0.717, 1.165) is 5.56 Å². The predicted octanol–water partition coefficient (Wildman–Crippen LogP) is 6.75. The van der Waals surface area contributed by atoms with Crippen LogP contribution >= 0.6 is 11.9 Å². The van der Waals surface area contributed by atoms with Gasteiger partial charge in [-0.2, -0.15) is 0 Å². The monoisotopic (exact) mass is 379 g/mol. The molecular formula is C26H21NS. The van der Waals surface area contributed by atoms with Crippen LogP contribution in [0.25, 0.3) is 0 Å². The van der Waals surface area contributed by atoms with Gasteiger partial charge in [-0.25, -0.2) is 4.40 Å². The van der Waals surface area contributed by atoms with Gasteiger partial charge in [-0.05, 0) is 34.2 Å². The zero-order valence-electron chi connectivity index (χ0n) is 15.5. The fraction of sp³-hybridized carbons (Fsp3) is 0.0385. The molecule has 0 aliphatic heterocycles. The Bertz CT molecular complexity index is 916. The molecule has 2 heteroatoms. The van der Waals surface area contributed by atoms with Crippen molar-refractivity contribution >= 4 is 18.2 Å². The van der Waals surface area contributed by atoms with E-state index in [4.69, 9.17) is 4.40 Å². The Morgan fingerprint density at radius 3 is 1.25 bits per heavy atom. The topological polar surface area (TPSA) is 12.4 Å². The van der Waals surface area contributed by atoms with Gasteiger partial charge in [-0.15, -0.1) is 0 Å². The minimum absolute atomic E-state index is 0.422. The average Bonchev–Trinajstić information content (AvgIpc) is 2.79. The molecule has 0 amide bonds. The number of nitrogens with zero attached hydrogens (tertiary/aromatic N) is 1. The molecule has 0 atom stereocenters. The highest BCUT2D eigenvalue weighted by molar-refractivity contribution is 7.99. The van der Waals surface area contributed by atoms with Crippen molar-refractivity contribution in [3.05, 3.63) is 144 Å². The SMILES string of the molecule is C(=N\SC(c1ccccc1)(c1ccccc1)c1ccccc1)/c1ccccc1. The molecule has 0 aromatic heterocycles. The summed E-state index contributed by atoms with van der Waals surface area (Å²) in [6, 6.07) is 42.1. The zero-order chi connectivity index (χ0) is 19.1. The van der Waals surface area contributed by atoms with Crippen molar-refractivity contribution in [2.75, 3.05) is 0 Å². The van der Waals surface area contributed by atoms with Crippen LogP contribution in [0.1, 0.15) is 22.3 Å². The summed E-state index contributed by atoms with van der Waals surface area (Å²) in [5, 5.41) is 0. The molecule has 0 saturated carbocycles. The molecule has 1 nitrogen and oxygen atoms in total. The lowest BCUT2D eigenvalue weighted by molar-refractivity contribution is 0.896. The third kappa shape index (κ3) is 3.78. The molecule has 136 valence electrons. The van der Waals surface area contributed by atoms with E-state index >= 15 is 0 Å². The number of hydrogen-bond donors (Lipinski definition) is 0. The molecule has 0 aliphatic carbocycles. The predicted molar refractivity (Wildman–Crippen MR) is 121 cm³/mol. The van der Waals surface area contributed by atoms with Crippen LogP contribution in [0.4, 0.5) is 0 Å². The van der Waals surface area contributed by atoms with E-state index < -0.39 is 4.75 Å². The Balaban J connectivity index is 1.87. The minimum atomic E-state index is -0.422. The molecule has 4 rings (SSSR count). The summed E-state index contributed by atoms with van der Waals surface area (Å²) >= 11 is 1.59.